The summed E-state index contributed by atoms with van der Waals surface area (Å²) in [7, 11) is 0. The minimum Gasteiger partial charge on any atom is -0.367 e. The largest absolute Gasteiger partial charge is 0.367 e. The van der Waals surface area contributed by atoms with E-state index in [9.17, 15) is 4.39 Å². The first-order chi connectivity index (χ1) is 9.70. The van der Waals surface area contributed by atoms with Gasteiger partial charge in [0.25, 0.3) is 0 Å². The number of rotatable bonds is 5. The molecule has 1 fully saturated rings. The molecule has 1 aliphatic carbocycles. The first-order valence-corrected chi connectivity index (χ1v) is 6.80. The van der Waals surface area contributed by atoms with E-state index in [0.717, 1.165) is 5.82 Å². The van der Waals surface area contributed by atoms with Crippen LogP contribution < -0.4 is 10.6 Å². The second kappa shape index (κ2) is 5.45. The van der Waals surface area contributed by atoms with Gasteiger partial charge in [-0.05, 0) is 25.8 Å². The Balaban J connectivity index is 1.70. The molecular formula is C15H17FN4. The van der Waals surface area contributed by atoms with Gasteiger partial charge in [-0.1, -0.05) is 18.2 Å². The number of anilines is 2. The Hall–Kier alpha value is -2.17. The van der Waals surface area contributed by atoms with E-state index >= 15 is 0 Å². The predicted octanol–water partition coefficient (Wildman–Crippen LogP) is 3.11. The highest BCUT2D eigenvalue weighted by Gasteiger charge is 2.21. The van der Waals surface area contributed by atoms with Gasteiger partial charge in [0.05, 0.1) is 0 Å². The van der Waals surface area contributed by atoms with Crippen molar-refractivity contribution in [2.45, 2.75) is 32.4 Å². The molecular weight excluding hydrogens is 255 g/mol. The highest BCUT2D eigenvalue weighted by Crippen LogP contribution is 2.24. The molecule has 5 heteroatoms. The molecule has 2 aromatic rings. The normalized spacial score (nSPS) is 14.1. The van der Waals surface area contributed by atoms with Gasteiger partial charge >= 0.3 is 0 Å². The SMILES string of the molecule is Cc1nc(NCc2ccccc2F)cc(NC2CC2)n1. The molecule has 1 aromatic heterocycles. The van der Waals surface area contributed by atoms with Crippen LogP contribution in [-0.4, -0.2) is 16.0 Å². The molecule has 0 radical (unpaired) electrons. The summed E-state index contributed by atoms with van der Waals surface area (Å²) < 4.78 is 13.5. The summed E-state index contributed by atoms with van der Waals surface area (Å²) in [6.07, 6.45) is 2.39. The summed E-state index contributed by atoms with van der Waals surface area (Å²) in [4.78, 5) is 8.67. The van der Waals surface area contributed by atoms with Gasteiger partial charge in [0.1, 0.15) is 23.3 Å². The fourth-order valence-corrected chi connectivity index (χ4v) is 2.00. The first kappa shape index (κ1) is 12.8. The maximum atomic E-state index is 13.5. The van der Waals surface area contributed by atoms with Crippen LogP contribution in [0.2, 0.25) is 0 Å². The van der Waals surface area contributed by atoms with E-state index < -0.39 is 0 Å². The second-order valence-corrected chi connectivity index (χ2v) is 5.05. The molecule has 0 aliphatic heterocycles. The lowest BCUT2D eigenvalue weighted by Crippen LogP contribution is -2.08. The van der Waals surface area contributed by atoms with Crippen LogP contribution in [-0.2, 0) is 6.54 Å². The molecule has 0 saturated heterocycles. The van der Waals surface area contributed by atoms with Crippen molar-refractivity contribution < 1.29 is 4.39 Å². The summed E-state index contributed by atoms with van der Waals surface area (Å²) in [5, 5.41) is 6.49. The lowest BCUT2D eigenvalue weighted by atomic mass is 10.2. The molecule has 0 amide bonds. The quantitative estimate of drug-likeness (QED) is 0.878. The number of nitrogens with zero attached hydrogens (tertiary/aromatic N) is 2. The third-order valence-corrected chi connectivity index (χ3v) is 3.19. The maximum Gasteiger partial charge on any atom is 0.132 e. The molecule has 0 spiro atoms. The fraction of sp³-hybridized carbons (Fsp3) is 0.333. The van der Waals surface area contributed by atoms with Crippen LogP contribution in [0.1, 0.15) is 24.2 Å². The third kappa shape index (κ3) is 3.23. The van der Waals surface area contributed by atoms with E-state index in [1.54, 1.807) is 12.1 Å². The first-order valence-electron chi connectivity index (χ1n) is 6.80. The Kier molecular flexibility index (Phi) is 3.50. The summed E-state index contributed by atoms with van der Waals surface area (Å²) >= 11 is 0. The Bertz CT molecular complexity index is 611. The Morgan fingerprint density at radius 2 is 1.95 bits per heavy atom. The van der Waals surface area contributed by atoms with Crippen molar-refractivity contribution in [3.8, 4) is 0 Å². The number of halogens is 1. The van der Waals surface area contributed by atoms with E-state index in [2.05, 4.69) is 20.6 Å². The number of benzene rings is 1. The van der Waals surface area contributed by atoms with Crippen LogP contribution in [0.15, 0.2) is 30.3 Å². The molecule has 1 aromatic carbocycles. The molecule has 2 N–H and O–H groups in total. The van der Waals surface area contributed by atoms with Crippen molar-refractivity contribution in [2.24, 2.45) is 0 Å². The standard InChI is InChI=1S/C15H17FN4/c1-10-18-14(8-15(19-10)20-12-6-7-12)17-9-11-4-2-3-5-13(11)16/h2-5,8,12H,6-7,9H2,1H3,(H2,17,18,19,20). The molecule has 1 aliphatic rings. The molecule has 20 heavy (non-hydrogen) atoms. The zero-order valence-corrected chi connectivity index (χ0v) is 11.4. The average Bonchev–Trinajstić information content (AvgIpc) is 3.21. The van der Waals surface area contributed by atoms with Gasteiger partial charge in [0, 0.05) is 24.2 Å². The highest BCUT2D eigenvalue weighted by atomic mass is 19.1. The zero-order chi connectivity index (χ0) is 13.9. The highest BCUT2D eigenvalue weighted by molar-refractivity contribution is 5.49. The van der Waals surface area contributed by atoms with Crippen molar-refractivity contribution in [2.75, 3.05) is 10.6 Å². The van der Waals surface area contributed by atoms with Gasteiger partial charge in [-0.25, -0.2) is 14.4 Å². The van der Waals surface area contributed by atoms with Gasteiger partial charge in [-0.15, -0.1) is 0 Å². The number of hydrogen-bond donors (Lipinski definition) is 2. The molecule has 104 valence electrons. The molecule has 1 saturated carbocycles. The lowest BCUT2D eigenvalue weighted by Gasteiger charge is -2.10. The Morgan fingerprint density at radius 3 is 2.70 bits per heavy atom. The summed E-state index contributed by atoms with van der Waals surface area (Å²) in [6, 6.07) is 9.15. The molecule has 3 rings (SSSR count). The monoisotopic (exact) mass is 272 g/mol. The number of aryl methyl sites for hydroxylation is 1. The van der Waals surface area contributed by atoms with Gasteiger partial charge < -0.3 is 10.6 Å². The maximum absolute atomic E-state index is 13.5. The van der Waals surface area contributed by atoms with Crippen molar-refractivity contribution in [3.05, 3.63) is 47.5 Å². The zero-order valence-electron chi connectivity index (χ0n) is 11.4. The van der Waals surface area contributed by atoms with Crippen LogP contribution in [0.25, 0.3) is 0 Å². The molecule has 0 atom stereocenters. The Labute approximate surface area is 117 Å². The average molecular weight is 272 g/mol. The molecule has 0 unspecified atom stereocenters. The topological polar surface area (TPSA) is 49.8 Å². The van der Waals surface area contributed by atoms with Crippen LogP contribution in [0.5, 0.6) is 0 Å². The third-order valence-electron chi connectivity index (χ3n) is 3.19. The van der Waals surface area contributed by atoms with E-state index in [0.29, 0.717) is 29.8 Å². The number of aromatic nitrogens is 2. The number of nitrogens with one attached hydrogen (secondary N) is 2. The van der Waals surface area contributed by atoms with E-state index in [4.69, 9.17) is 0 Å². The van der Waals surface area contributed by atoms with Gasteiger partial charge in [-0.2, -0.15) is 0 Å². The smallest absolute Gasteiger partial charge is 0.132 e. The van der Waals surface area contributed by atoms with E-state index in [1.165, 1.54) is 18.9 Å². The van der Waals surface area contributed by atoms with Crippen molar-refractivity contribution in [1.82, 2.24) is 9.97 Å². The predicted molar refractivity (Wildman–Crippen MR) is 77.1 cm³/mol. The van der Waals surface area contributed by atoms with Crippen molar-refractivity contribution >= 4 is 11.6 Å². The minimum absolute atomic E-state index is 0.206. The Morgan fingerprint density at radius 1 is 1.20 bits per heavy atom. The molecule has 0 bridgehead atoms. The van der Waals surface area contributed by atoms with Crippen LogP contribution in [0.3, 0.4) is 0 Å². The van der Waals surface area contributed by atoms with Crippen molar-refractivity contribution in [1.29, 1.82) is 0 Å². The van der Waals surface area contributed by atoms with E-state index in [-0.39, 0.29) is 5.82 Å². The number of hydrogen-bond acceptors (Lipinski definition) is 4. The lowest BCUT2D eigenvalue weighted by molar-refractivity contribution is 0.613. The van der Waals surface area contributed by atoms with Crippen LogP contribution in [0, 0.1) is 12.7 Å². The van der Waals surface area contributed by atoms with Crippen LogP contribution >= 0.6 is 0 Å². The summed E-state index contributed by atoms with van der Waals surface area (Å²) in [5.74, 6) is 2.04. The minimum atomic E-state index is -0.206. The second-order valence-electron chi connectivity index (χ2n) is 5.05. The van der Waals surface area contributed by atoms with E-state index in [1.807, 2.05) is 19.1 Å². The van der Waals surface area contributed by atoms with Crippen molar-refractivity contribution in [3.63, 3.8) is 0 Å². The summed E-state index contributed by atoms with van der Waals surface area (Å²) in [5.41, 5.74) is 0.625. The molecule has 4 nitrogen and oxygen atoms in total. The van der Waals surface area contributed by atoms with Gasteiger partial charge in [0.15, 0.2) is 0 Å². The van der Waals surface area contributed by atoms with Gasteiger partial charge in [-0.3, -0.25) is 0 Å². The van der Waals surface area contributed by atoms with Crippen LogP contribution in [0.4, 0.5) is 16.0 Å². The molecule has 1 heterocycles. The summed E-state index contributed by atoms with van der Waals surface area (Å²) in [6.45, 7) is 2.26. The van der Waals surface area contributed by atoms with Gasteiger partial charge in [0.2, 0.25) is 0 Å². The fourth-order valence-electron chi connectivity index (χ4n) is 2.00.